The molecule has 3 aliphatic heterocycles. The number of fused-ring (bicyclic) bond motifs is 1. The number of nitrogens with zero attached hydrogens (tertiary/aromatic N) is 3. The van der Waals surface area contributed by atoms with Crippen LogP contribution >= 0.6 is 0 Å². The van der Waals surface area contributed by atoms with Crippen molar-refractivity contribution in [1.82, 2.24) is 0 Å². The molecule has 4 aliphatic rings. The Kier molecular flexibility index (Phi) is 3.24. The van der Waals surface area contributed by atoms with Crippen LogP contribution in [0.5, 0.6) is 11.5 Å². The monoisotopic (exact) mass is 376 g/mol. The van der Waals surface area contributed by atoms with E-state index in [0.29, 0.717) is 29.9 Å². The van der Waals surface area contributed by atoms with Crippen LogP contribution in [0.15, 0.2) is 18.2 Å². The molecule has 4 atom stereocenters. The van der Waals surface area contributed by atoms with Crippen LogP contribution in [0, 0.1) is 56.2 Å². The van der Waals surface area contributed by atoms with Gasteiger partial charge in [-0.15, -0.1) is 0 Å². The fraction of sp³-hybridized carbons (Fsp3) is 0.500. The van der Waals surface area contributed by atoms with Crippen molar-refractivity contribution in [3.63, 3.8) is 0 Å². The number of nitrogens with one attached hydrogen (secondary N) is 1. The van der Waals surface area contributed by atoms with Crippen LogP contribution in [0.25, 0.3) is 0 Å². The molecule has 0 unspecified atom stereocenters. The van der Waals surface area contributed by atoms with Gasteiger partial charge < -0.3 is 18.9 Å². The third-order valence-corrected chi connectivity index (χ3v) is 6.52. The highest BCUT2D eigenvalue weighted by Crippen LogP contribution is 2.69. The van der Waals surface area contributed by atoms with E-state index in [2.05, 4.69) is 18.2 Å². The van der Waals surface area contributed by atoms with Crippen LogP contribution < -0.4 is 9.47 Å². The molecule has 1 aromatic rings. The first kappa shape index (κ1) is 16.9. The molecule has 1 aromatic carbocycles. The number of hydrogen-bond donors (Lipinski definition) is 1. The van der Waals surface area contributed by atoms with Gasteiger partial charge in [0.15, 0.2) is 16.9 Å². The third-order valence-electron chi connectivity index (χ3n) is 6.52. The van der Waals surface area contributed by atoms with E-state index < -0.39 is 28.6 Å². The van der Waals surface area contributed by atoms with Crippen molar-refractivity contribution < 1.29 is 18.9 Å². The second kappa shape index (κ2) is 5.38. The highest BCUT2D eigenvalue weighted by Gasteiger charge is 2.80. The van der Waals surface area contributed by atoms with Crippen molar-refractivity contribution in [2.24, 2.45) is 16.7 Å². The van der Waals surface area contributed by atoms with Crippen molar-refractivity contribution >= 4 is 5.90 Å². The Balaban J connectivity index is 1.75. The quantitative estimate of drug-likeness (QED) is 0.796. The lowest BCUT2D eigenvalue weighted by atomic mass is 9.51. The number of benzene rings is 1. The number of ether oxygens (including phenoxy) is 4. The highest BCUT2D eigenvalue weighted by molar-refractivity contribution is 5.89. The SMILES string of the molecule is N#CC1(C#N)[C@H](c2ccc3c(c2)OCO3)O[C@@]23CCCC[C@H]2[C@@]1(C#N)C(=N)O3. The summed E-state index contributed by atoms with van der Waals surface area (Å²) in [6, 6.07) is 11.4. The zero-order chi connectivity index (χ0) is 19.6. The standard InChI is InChI=1S/C20H16N4O4/c21-8-18(9-22)16(12-4-5-13-14(7-12)26-11-25-13)27-20-6-2-1-3-15(20)19(18,10-23)17(24)28-20/h4-5,7,15-16,24H,1-3,6,11H2/t15-,16-,19-,20+/m0/s1. The second-order valence-corrected chi connectivity index (χ2v) is 7.60. The van der Waals surface area contributed by atoms with Gasteiger partial charge in [-0.05, 0) is 30.5 Å². The molecule has 8 nitrogen and oxygen atoms in total. The van der Waals surface area contributed by atoms with Crippen LogP contribution in [0.1, 0.15) is 37.4 Å². The lowest BCUT2D eigenvalue weighted by molar-refractivity contribution is -0.294. The van der Waals surface area contributed by atoms with Gasteiger partial charge in [0.25, 0.3) is 0 Å². The van der Waals surface area contributed by atoms with Crippen LogP contribution in [0.3, 0.4) is 0 Å². The summed E-state index contributed by atoms with van der Waals surface area (Å²) in [6.45, 7) is 0.0911. The summed E-state index contributed by atoms with van der Waals surface area (Å²) in [4.78, 5) is 0. The Morgan fingerprint density at radius 3 is 2.57 bits per heavy atom. The average molecular weight is 376 g/mol. The number of rotatable bonds is 1. The predicted octanol–water partition coefficient (Wildman–Crippen LogP) is 2.92. The molecule has 2 bridgehead atoms. The molecule has 140 valence electrons. The highest BCUT2D eigenvalue weighted by atomic mass is 16.7. The largest absolute Gasteiger partial charge is 0.454 e. The number of nitriles is 3. The molecule has 0 spiro atoms. The molecule has 0 aromatic heterocycles. The first-order chi connectivity index (χ1) is 13.6. The molecular weight excluding hydrogens is 360 g/mol. The van der Waals surface area contributed by atoms with Gasteiger partial charge in [0, 0.05) is 6.42 Å². The van der Waals surface area contributed by atoms with Crippen LogP contribution in [0.4, 0.5) is 0 Å². The molecule has 5 rings (SSSR count). The summed E-state index contributed by atoms with van der Waals surface area (Å²) < 4.78 is 23.0. The molecule has 0 amide bonds. The number of hydrogen-bond acceptors (Lipinski definition) is 8. The van der Waals surface area contributed by atoms with Crippen LogP contribution in [0.2, 0.25) is 0 Å². The zero-order valence-corrected chi connectivity index (χ0v) is 14.9. The maximum atomic E-state index is 10.2. The Bertz CT molecular complexity index is 1000. The minimum Gasteiger partial charge on any atom is -0.454 e. The first-order valence-corrected chi connectivity index (χ1v) is 9.16. The normalized spacial score (nSPS) is 36.4. The summed E-state index contributed by atoms with van der Waals surface area (Å²) in [5.41, 5.74) is -3.08. The van der Waals surface area contributed by atoms with Gasteiger partial charge in [0.05, 0.1) is 24.1 Å². The zero-order valence-electron chi connectivity index (χ0n) is 14.9. The maximum Gasteiger partial charge on any atom is 0.231 e. The second-order valence-electron chi connectivity index (χ2n) is 7.60. The Morgan fingerprint density at radius 1 is 1.04 bits per heavy atom. The molecule has 1 aliphatic carbocycles. The van der Waals surface area contributed by atoms with E-state index >= 15 is 0 Å². The van der Waals surface area contributed by atoms with Crippen molar-refractivity contribution in [1.29, 1.82) is 21.2 Å². The average Bonchev–Trinajstić information content (AvgIpc) is 3.27. The minimum absolute atomic E-state index is 0.0911. The van der Waals surface area contributed by atoms with Gasteiger partial charge in [-0.25, -0.2) is 0 Å². The van der Waals surface area contributed by atoms with Crippen LogP contribution in [-0.2, 0) is 9.47 Å². The van der Waals surface area contributed by atoms with Crippen LogP contribution in [-0.4, -0.2) is 18.5 Å². The molecule has 1 saturated carbocycles. The van der Waals surface area contributed by atoms with Crippen molar-refractivity contribution in [3.05, 3.63) is 23.8 Å². The fourth-order valence-electron chi connectivity index (χ4n) is 5.24. The Morgan fingerprint density at radius 2 is 1.82 bits per heavy atom. The molecule has 1 N–H and O–H groups in total. The lowest BCUT2D eigenvalue weighted by Gasteiger charge is -2.51. The third kappa shape index (κ3) is 1.69. The van der Waals surface area contributed by atoms with E-state index in [1.54, 1.807) is 18.2 Å². The van der Waals surface area contributed by atoms with E-state index in [1.165, 1.54) is 0 Å². The van der Waals surface area contributed by atoms with Gasteiger partial charge >= 0.3 is 0 Å². The van der Waals surface area contributed by atoms with Gasteiger partial charge in [-0.2, -0.15) is 15.8 Å². The van der Waals surface area contributed by atoms with E-state index in [0.717, 1.165) is 12.8 Å². The molecule has 0 radical (unpaired) electrons. The van der Waals surface area contributed by atoms with Crippen molar-refractivity contribution in [2.45, 2.75) is 37.6 Å². The summed E-state index contributed by atoms with van der Waals surface area (Å²) in [6.07, 6.45) is 1.67. The van der Waals surface area contributed by atoms with Gasteiger partial charge in [0.2, 0.25) is 23.9 Å². The smallest absolute Gasteiger partial charge is 0.231 e. The maximum absolute atomic E-state index is 10.2. The van der Waals surface area contributed by atoms with Crippen molar-refractivity contribution in [3.8, 4) is 29.7 Å². The summed E-state index contributed by atoms with van der Waals surface area (Å²) in [5.74, 6) is -0.981. The fourth-order valence-corrected chi connectivity index (χ4v) is 5.24. The van der Waals surface area contributed by atoms with Gasteiger partial charge in [0.1, 0.15) is 6.10 Å². The molecule has 2 saturated heterocycles. The molecular formula is C20H16N4O4. The van der Waals surface area contributed by atoms with E-state index in [9.17, 15) is 15.8 Å². The first-order valence-electron chi connectivity index (χ1n) is 9.16. The summed E-state index contributed by atoms with van der Waals surface area (Å²) in [5, 5.41) is 39.1. The van der Waals surface area contributed by atoms with E-state index in [-0.39, 0.29) is 12.7 Å². The van der Waals surface area contributed by atoms with Gasteiger partial charge in [-0.1, -0.05) is 12.5 Å². The van der Waals surface area contributed by atoms with E-state index in [1.807, 2.05) is 0 Å². The Hall–Kier alpha value is -3.28. The topological polar surface area (TPSA) is 132 Å². The van der Waals surface area contributed by atoms with Crippen molar-refractivity contribution in [2.75, 3.05) is 6.79 Å². The Labute approximate surface area is 161 Å². The summed E-state index contributed by atoms with van der Waals surface area (Å²) >= 11 is 0. The molecule has 28 heavy (non-hydrogen) atoms. The lowest BCUT2D eigenvalue weighted by Crippen LogP contribution is -2.60. The van der Waals surface area contributed by atoms with E-state index in [4.69, 9.17) is 24.4 Å². The minimum atomic E-state index is -1.92. The summed E-state index contributed by atoms with van der Waals surface area (Å²) in [7, 11) is 0. The molecule has 3 heterocycles. The van der Waals surface area contributed by atoms with Gasteiger partial charge in [-0.3, -0.25) is 5.41 Å². The molecule has 3 fully saturated rings. The molecule has 8 heteroatoms. The predicted molar refractivity (Wildman–Crippen MR) is 91.6 cm³/mol.